The van der Waals surface area contributed by atoms with Gasteiger partial charge in [-0.25, -0.2) is 0 Å². The first-order valence-corrected chi connectivity index (χ1v) is 8.07. The van der Waals surface area contributed by atoms with Crippen molar-refractivity contribution in [3.05, 3.63) is 0 Å². The molecule has 0 aromatic carbocycles. The molecule has 27 heavy (non-hydrogen) atoms. The summed E-state index contributed by atoms with van der Waals surface area (Å²) in [7, 11) is 1.61. The first kappa shape index (κ1) is 36.7. The van der Waals surface area contributed by atoms with Gasteiger partial charge in [-0.15, -0.1) is 0 Å². The van der Waals surface area contributed by atoms with Crippen molar-refractivity contribution >= 4 is 17.5 Å². The van der Waals surface area contributed by atoms with E-state index >= 15 is 0 Å². The van der Waals surface area contributed by atoms with E-state index in [0.717, 1.165) is 6.42 Å². The lowest BCUT2D eigenvalue weighted by Crippen LogP contribution is -2.48. The molecule has 0 heterocycles. The van der Waals surface area contributed by atoms with Crippen molar-refractivity contribution in [3.63, 3.8) is 0 Å². The third-order valence-corrected chi connectivity index (χ3v) is 4.10. The molecule has 0 aromatic rings. The number of Topliss-reactive ketones (excluding diaryl/α,β-unsaturated/α-hetero) is 2. The Kier molecular flexibility index (Phi) is 18.8. The van der Waals surface area contributed by atoms with E-state index in [-0.39, 0.29) is 41.3 Å². The van der Waals surface area contributed by atoms with Gasteiger partial charge in [-0.2, -0.15) is 0 Å². The molecule has 0 rings (SSSR count). The number of methoxy groups -OCH3 is 1. The number of unbranched alkanes of at least 4 members (excludes halogenated alkanes) is 1. The summed E-state index contributed by atoms with van der Waals surface area (Å²) in [6, 6.07) is 0. The molecule has 0 spiro atoms. The Morgan fingerprint density at radius 3 is 1.59 bits per heavy atom. The number of hydrogen-bond acceptors (Lipinski definition) is 5. The van der Waals surface area contributed by atoms with E-state index in [1.54, 1.807) is 48.7 Å². The second-order valence-corrected chi connectivity index (χ2v) is 7.82. The van der Waals surface area contributed by atoms with Gasteiger partial charge in [0.05, 0.1) is 0 Å². The van der Waals surface area contributed by atoms with Crippen molar-refractivity contribution in [2.75, 3.05) is 13.7 Å². The summed E-state index contributed by atoms with van der Waals surface area (Å²) < 4.78 is 10.4. The SMILES string of the molecule is C.C.C.C.COCCCCC(C)(C(=O)OC(C)(C)C(C)=O)C(=O)C(C)(C)C. The van der Waals surface area contributed by atoms with Gasteiger partial charge >= 0.3 is 5.97 Å². The molecule has 0 aliphatic heterocycles. The van der Waals surface area contributed by atoms with Gasteiger partial charge in [-0.1, -0.05) is 50.5 Å². The summed E-state index contributed by atoms with van der Waals surface area (Å²) in [4.78, 5) is 37.2. The molecule has 1 unspecified atom stereocenters. The molecule has 166 valence electrons. The van der Waals surface area contributed by atoms with Gasteiger partial charge in [0, 0.05) is 19.1 Å². The predicted molar refractivity (Wildman–Crippen MR) is 116 cm³/mol. The van der Waals surface area contributed by atoms with Crippen LogP contribution in [-0.4, -0.2) is 36.9 Å². The minimum absolute atomic E-state index is 0. The van der Waals surface area contributed by atoms with Gasteiger partial charge in [0.2, 0.25) is 0 Å². The molecule has 1 atom stereocenters. The summed E-state index contributed by atoms with van der Waals surface area (Å²) in [6.07, 6.45) is 1.80. The highest BCUT2D eigenvalue weighted by Gasteiger charge is 2.48. The van der Waals surface area contributed by atoms with E-state index < -0.39 is 22.4 Å². The zero-order chi connectivity index (χ0) is 18.5. The molecule has 0 saturated carbocycles. The van der Waals surface area contributed by atoms with Crippen LogP contribution >= 0.6 is 0 Å². The van der Waals surface area contributed by atoms with Gasteiger partial charge in [0.1, 0.15) is 5.41 Å². The number of esters is 1. The summed E-state index contributed by atoms with van der Waals surface area (Å²) in [5.74, 6) is -1.06. The molecular formula is C22H48O5. The number of hydrogen-bond donors (Lipinski definition) is 0. The molecule has 0 radical (unpaired) electrons. The number of rotatable bonds is 9. The van der Waals surface area contributed by atoms with Gasteiger partial charge in [-0.05, 0) is 47.0 Å². The molecule has 0 amide bonds. The monoisotopic (exact) mass is 392 g/mol. The minimum Gasteiger partial charge on any atom is -0.451 e. The standard InChI is InChI=1S/C18H32O5.4CH4/c1-13(19)17(5,6)23-15(21)18(7,11-9-10-12-22-8)14(20)16(2,3)4;;;;/h9-12H2,1-8H3;4*1H4. The average Bonchev–Trinajstić information content (AvgIpc) is 2.40. The maximum Gasteiger partial charge on any atom is 0.320 e. The third kappa shape index (κ3) is 10.6. The Labute approximate surface area is 169 Å². The molecular weight excluding hydrogens is 344 g/mol. The van der Waals surface area contributed by atoms with Gasteiger partial charge < -0.3 is 9.47 Å². The van der Waals surface area contributed by atoms with Crippen molar-refractivity contribution in [1.29, 1.82) is 0 Å². The van der Waals surface area contributed by atoms with E-state index in [9.17, 15) is 14.4 Å². The molecule has 0 aliphatic rings. The van der Waals surface area contributed by atoms with E-state index in [0.29, 0.717) is 19.4 Å². The van der Waals surface area contributed by atoms with Gasteiger partial charge in [0.15, 0.2) is 17.2 Å². The summed E-state index contributed by atoms with van der Waals surface area (Å²) in [5.41, 5.74) is -3.17. The van der Waals surface area contributed by atoms with Crippen LogP contribution in [0, 0.1) is 10.8 Å². The highest BCUT2D eigenvalue weighted by molar-refractivity contribution is 6.06. The molecule has 0 aromatic heterocycles. The maximum absolute atomic E-state index is 12.8. The normalized spacial score (nSPS) is 12.7. The fourth-order valence-corrected chi connectivity index (χ4v) is 2.28. The number of ketones is 2. The van der Waals surface area contributed by atoms with Gasteiger partial charge in [0.25, 0.3) is 0 Å². The van der Waals surface area contributed by atoms with Crippen LogP contribution in [0.15, 0.2) is 0 Å². The lowest BCUT2D eigenvalue weighted by Gasteiger charge is -2.35. The van der Waals surface area contributed by atoms with Crippen LogP contribution in [0.4, 0.5) is 0 Å². The van der Waals surface area contributed by atoms with E-state index in [1.807, 2.05) is 0 Å². The highest BCUT2D eigenvalue weighted by atomic mass is 16.6. The highest BCUT2D eigenvalue weighted by Crippen LogP contribution is 2.36. The molecule has 0 bridgehead atoms. The van der Waals surface area contributed by atoms with Crippen LogP contribution in [0.25, 0.3) is 0 Å². The largest absolute Gasteiger partial charge is 0.451 e. The first-order valence-electron chi connectivity index (χ1n) is 8.07. The predicted octanol–water partition coefficient (Wildman–Crippen LogP) is 5.88. The van der Waals surface area contributed by atoms with Crippen LogP contribution in [0.1, 0.15) is 97.4 Å². The van der Waals surface area contributed by atoms with Crippen molar-refractivity contribution in [1.82, 2.24) is 0 Å². The topological polar surface area (TPSA) is 69.7 Å². The number of carbonyl (C=O) groups excluding carboxylic acids is 3. The molecule has 0 aliphatic carbocycles. The zero-order valence-corrected chi connectivity index (χ0v) is 15.9. The fraction of sp³-hybridized carbons (Fsp3) is 0.864. The lowest BCUT2D eigenvalue weighted by atomic mass is 9.70. The Bertz CT molecular complexity index is 446. The Morgan fingerprint density at radius 1 is 0.815 bits per heavy atom. The average molecular weight is 393 g/mol. The zero-order valence-electron chi connectivity index (χ0n) is 15.9. The smallest absolute Gasteiger partial charge is 0.320 e. The molecule has 5 nitrogen and oxygen atoms in total. The van der Waals surface area contributed by atoms with Crippen LogP contribution in [-0.2, 0) is 23.9 Å². The first-order chi connectivity index (χ1) is 10.3. The molecule has 5 heteroatoms. The van der Waals surface area contributed by atoms with E-state index in [4.69, 9.17) is 9.47 Å². The van der Waals surface area contributed by atoms with E-state index in [1.165, 1.54) is 6.92 Å². The summed E-state index contributed by atoms with van der Waals surface area (Å²) in [5, 5.41) is 0. The molecule has 0 fully saturated rings. The van der Waals surface area contributed by atoms with Crippen LogP contribution in [0.2, 0.25) is 0 Å². The van der Waals surface area contributed by atoms with Crippen molar-refractivity contribution in [2.24, 2.45) is 10.8 Å². The summed E-state index contributed by atoms with van der Waals surface area (Å²) in [6.45, 7) is 12.0. The summed E-state index contributed by atoms with van der Waals surface area (Å²) >= 11 is 0. The molecule has 0 N–H and O–H groups in total. The van der Waals surface area contributed by atoms with Crippen molar-refractivity contribution in [2.45, 2.75) is 103 Å². The minimum atomic E-state index is -1.27. The number of carbonyl (C=O) groups is 3. The second-order valence-electron chi connectivity index (χ2n) is 7.82. The van der Waals surface area contributed by atoms with Crippen molar-refractivity contribution in [3.8, 4) is 0 Å². The molecule has 0 saturated heterocycles. The van der Waals surface area contributed by atoms with Crippen LogP contribution in [0.3, 0.4) is 0 Å². The lowest BCUT2D eigenvalue weighted by molar-refractivity contribution is -0.176. The van der Waals surface area contributed by atoms with Crippen LogP contribution < -0.4 is 0 Å². The second kappa shape index (κ2) is 13.9. The number of ether oxygens (including phenoxy) is 2. The van der Waals surface area contributed by atoms with Gasteiger partial charge in [-0.3, -0.25) is 14.4 Å². The van der Waals surface area contributed by atoms with Crippen molar-refractivity contribution < 1.29 is 23.9 Å². The fourth-order valence-electron chi connectivity index (χ4n) is 2.28. The Hall–Kier alpha value is -1.23. The van der Waals surface area contributed by atoms with Crippen LogP contribution in [0.5, 0.6) is 0 Å². The Morgan fingerprint density at radius 2 is 1.26 bits per heavy atom. The third-order valence-electron chi connectivity index (χ3n) is 4.10. The maximum atomic E-state index is 12.8. The van der Waals surface area contributed by atoms with E-state index in [2.05, 4.69) is 0 Å². The Balaban J connectivity index is -0.000000403. The quantitative estimate of drug-likeness (QED) is 0.278.